The van der Waals surface area contributed by atoms with Crippen molar-refractivity contribution in [3.05, 3.63) is 24.7 Å². The number of hydrogen-bond donors (Lipinski definition) is 2. The Morgan fingerprint density at radius 1 is 1.40 bits per heavy atom. The topological polar surface area (TPSA) is 40.5 Å². The van der Waals surface area contributed by atoms with Crippen LogP contribution in [-0.2, 0) is 0 Å². The first kappa shape index (κ1) is 9.08. The van der Waals surface area contributed by atoms with Crippen molar-refractivity contribution < 1.29 is 10.2 Å². The predicted molar refractivity (Wildman–Crippen MR) is 41.9 cm³/mol. The molecular formula is C8H14O2. The smallest absolute Gasteiger partial charge is 0.0879 e. The van der Waals surface area contributed by atoms with Gasteiger partial charge in [0.2, 0.25) is 0 Å². The van der Waals surface area contributed by atoms with Crippen LogP contribution in [0.25, 0.3) is 0 Å². The minimum atomic E-state index is 0.0453. The van der Waals surface area contributed by atoms with Gasteiger partial charge in [-0.15, -0.1) is 0 Å². The summed E-state index contributed by atoms with van der Waals surface area (Å²) in [4.78, 5) is 0. The highest BCUT2D eigenvalue weighted by molar-refractivity contribution is 4.89. The molecule has 0 amide bonds. The van der Waals surface area contributed by atoms with Gasteiger partial charge in [-0.3, -0.25) is 0 Å². The molecule has 0 aromatic rings. The molecule has 0 saturated heterocycles. The van der Waals surface area contributed by atoms with Crippen molar-refractivity contribution in [2.45, 2.75) is 19.8 Å². The summed E-state index contributed by atoms with van der Waals surface area (Å²) in [5.41, 5.74) is 0. The molecule has 0 radical (unpaired) electrons. The molecular weight excluding hydrogens is 128 g/mol. The summed E-state index contributed by atoms with van der Waals surface area (Å²) in [5, 5.41) is 17.5. The molecule has 10 heavy (non-hydrogen) atoms. The molecule has 0 aromatic carbocycles. The van der Waals surface area contributed by atoms with Crippen molar-refractivity contribution in [1.29, 1.82) is 0 Å². The molecule has 0 rings (SSSR count). The molecule has 2 nitrogen and oxygen atoms in total. The van der Waals surface area contributed by atoms with E-state index in [0.29, 0.717) is 12.8 Å². The van der Waals surface area contributed by atoms with Gasteiger partial charge < -0.3 is 10.2 Å². The Hall–Kier alpha value is -0.920. The molecule has 1 atom stereocenters. The maximum absolute atomic E-state index is 8.83. The van der Waals surface area contributed by atoms with E-state index >= 15 is 0 Å². The van der Waals surface area contributed by atoms with Gasteiger partial charge in [-0.05, 0) is 6.42 Å². The first-order valence-corrected chi connectivity index (χ1v) is 3.28. The van der Waals surface area contributed by atoms with Gasteiger partial charge in [-0.1, -0.05) is 20.1 Å². The van der Waals surface area contributed by atoms with Crippen molar-refractivity contribution in [1.82, 2.24) is 0 Å². The van der Waals surface area contributed by atoms with E-state index < -0.39 is 0 Å². The zero-order valence-corrected chi connectivity index (χ0v) is 6.30. The van der Waals surface area contributed by atoms with Crippen molar-refractivity contribution in [3.63, 3.8) is 0 Å². The molecule has 2 heteroatoms. The third kappa shape index (κ3) is 4.01. The van der Waals surface area contributed by atoms with Crippen LogP contribution in [0.5, 0.6) is 0 Å². The van der Waals surface area contributed by atoms with E-state index in [9.17, 15) is 0 Å². The van der Waals surface area contributed by atoms with Crippen LogP contribution in [0.4, 0.5) is 0 Å². The summed E-state index contributed by atoms with van der Waals surface area (Å²) in [7, 11) is 0. The first-order valence-electron chi connectivity index (χ1n) is 3.28. The average molecular weight is 142 g/mol. The van der Waals surface area contributed by atoms with E-state index in [1.165, 1.54) is 0 Å². The van der Waals surface area contributed by atoms with Crippen LogP contribution in [0.3, 0.4) is 0 Å². The molecule has 0 aliphatic rings. The number of allylic oxidation sites excluding steroid dienone is 2. The summed E-state index contributed by atoms with van der Waals surface area (Å²) in [6.45, 7) is 8.56. The highest BCUT2D eigenvalue weighted by atomic mass is 16.3. The number of aliphatic hydroxyl groups excluding tert-OH is 2. The van der Waals surface area contributed by atoms with Crippen LogP contribution in [0.15, 0.2) is 24.7 Å². The van der Waals surface area contributed by atoms with E-state index in [0.717, 1.165) is 0 Å². The van der Waals surface area contributed by atoms with Crippen LogP contribution in [0, 0.1) is 5.92 Å². The van der Waals surface area contributed by atoms with E-state index in [-0.39, 0.29) is 17.4 Å². The Labute approximate surface area is 61.5 Å². The summed E-state index contributed by atoms with van der Waals surface area (Å²) < 4.78 is 0. The minimum Gasteiger partial charge on any atom is -0.513 e. The fourth-order valence-electron chi connectivity index (χ4n) is 0.550. The quantitative estimate of drug-likeness (QED) is 0.592. The molecule has 0 aliphatic carbocycles. The van der Waals surface area contributed by atoms with Crippen LogP contribution in [0.1, 0.15) is 19.8 Å². The molecule has 58 valence electrons. The number of aliphatic hydroxyl groups is 2. The monoisotopic (exact) mass is 142 g/mol. The number of rotatable bonds is 4. The lowest BCUT2D eigenvalue weighted by Gasteiger charge is -2.07. The SMILES string of the molecule is C=C(O)CC[C@H](C)C(=C)O. The van der Waals surface area contributed by atoms with Crippen LogP contribution >= 0.6 is 0 Å². The van der Waals surface area contributed by atoms with Crippen LogP contribution < -0.4 is 0 Å². The highest BCUT2D eigenvalue weighted by Gasteiger charge is 2.04. The summed E-state index contributed by atoms with van der Waals surface area (Å²) in [5.74, 6) is 0.373. The standard InChI is InChI=1S/C8H14O2/c1-6(8(3)10)4-5-7(2)9/h6,9-10H,2-5H2,1H3/t6-/m0/s1. The van der Waals surface area contributed by atoms with E-state index in [4.69, 9.17) is 10.2 Å². The van der Waals surface area contributed by atoms with Gasteiger partial charge in [0, 0.05) is 12.3 Å². The normalized spacial score (nSPS) is 12.5. The molecule has 0 heterocycles. The van der Waals surface area contributed by atoms with Crippen molar-refractivity contribution in [2.24, 2.45) is 5.92 Å². The van der Waals surface area contributed by atoms with Gasteiger partial charge in [-0.2, -0.15) is 0 Å². The summed E-state index contributed by atoms with van der Waals surface area (Å²) in [6, 6.07) is 0. The molecule has 0 saturated carbocycles. The third-order valence-electron chi connectivity index (χ3n) is 1.43. The molecule has 0 aromatic heterocycles. The van der Waals surface area contributed by atoms with E-state index in [2.05, 4.69) is 13.2 Å². The molecule has 0 aliphatic heterocycles. The Morgan fingerprint density at radius 3 is 2.20 bits per heavy atom. The molecule has 0 bridgehead atoms. The lowest BCUT2D eigenvalue weighted by atomic mass is 10.0. The second kappa shape index (κ2) is 3.99. The van der Waals surface area contributed by atoms with Crippen molar-refractivity contribution in [2.75, 3.05) is 0 Å². The third-order valence-corrected chi connectivity index (χ3v) is 1.43. The van der Waals surface area contributed by atoms with Gasteiger partial charge in [0.05, 0.1) is 11.5 Å². The lowest BCUT2D eigenvalue weighted by molar-refractivity contribution is 0.318. The zero-order valence-electron chi connectivity index (χ0n) is 6.30. The maximum atomic E-state index is 8.83. The van der Waals surface area contributed by atoms with E-state index in [1.54, 1.807) is 0 Å². The Morgan fingerprint density at radius 2 is 1.90 bits per heavy atom. The summed E-state index contributed by atoms with van der Waals surface area (Å²) >= 11 is 0. The predicted octanol–water partition coefficient (Wildman–Crippen LogP) is 2.55. The second-order valence-electron chi connectivity index (χ2n) is 2.50. The molecule has 0 spiro atoms. The molecule has 2 N–H and O–H groups in total. The largest absolute Gasteiger partial charge is 0.513 e. The van der Waals surface area contributed by atoms with Crippen molar-refractivity contribution in [3.8, 4) is 0 Å². The Balaban J connectivity index is 3.49. The fraction of sp³-hybridized carbons (Fsp3) is 0.500. The maximum Gasteiger partial charge on any atom is 0.0879 e. The summed E-state index contributed by atoms with van der Waals surface area (Å²) in [6.07, 6.45) is 1.23. The van der Waals surface area contributed by atoms with Gasteiger partial charge in [-0.25, -0.2) is 0 Å². The molecule has 0 fully saturated rings. The van der Waals surface area contributed by atoms with Crippen LogP contribution in [-0.4, -0.2) is 10.2 Å². The van der Waals surface area contributed by atoms with Gasteiger partial charge in [0.25, 0.3) is 0 Å². The Kier molecular flexibility index (Phi) is 3.62. The second-order valence-corrected chi connectivity index (χ2v) is 2.50. The fourth-order valence-corrected chi connectivity index (χ4v) is 0.550. The van der Waals surface area contributed by atoms with Crippen molar-refractivity contribution >= 4 is 0 Å². The number of hydrogen-bond acceptors (Lipinski definition) is 2. The average Bonchev–Trinajstić information content (AvgIpc) is 1.82. The Bertz CT molecular complexity index is 138. The lowest BCUT2D eigenvalue weighted by Crippen LogP contribution is -1.97. The van der Waals surface area contributed by atoms with Gasteiger partial charge in [0.15, 0.2) is 0 Å². The highest BCUT2D eigenvalue weighted by Crippen LogP contribution is 2.13. The molecule has 0 unspecified atom stereocenters. The van der Waals surface area contributed by atoms with Gasteiger partial charge >= 0.3 is 0 Å². The minimum absolute atomic E-state index is 0.0453. The first-order chi connectivity index (χ1) is 4.54. The van der Waals surface area contributed by atoms with Crippen LogP contribution in [0.2, 0.25) is 0 Å². The zero-order chi connectivity index (χ0) is 8.15. The van der Waals surface area contributed by atoms with Gasteiger partial charge in [0.1, 0.15) is 0 Å². The van der Waals surface area contributed by atoms with E-state index in [1.807, 2.05) is 6.92 Å².